The smallest absolute Gasteiger partial charge is 0.231 e. The number of aliphatic hydroxyl groups excluding tert-OH is 1. The van der Waals surface area contributed by atoms with Crippen molar-refractivity contribution >= 4 is 5.91 Å². The van der Waals surface area contributed by atoms with E-state index in [2.05, 4.69) is 5.32 Å². The van der Waals surface area contributed by atoms with E-state index in [9.17, 15) is 9.90 Å². The second-order valence-electron chi connectivity index (χ2n) is 5.08. The van der Waals surface area contributed by atoms with Gasteiger partial charge in [-0.15, -0.1) is 0 Å². The van der Waals surface area contributed by atoms with Crippen molar-refractivity contribution < 1.29 is 28.8 Å². The third kappa shape index (κ3) is 5.27. The van der Waals surface area contributed by atoms with Gasteiger partial charge in [-0.25, -0.2) is 0 Å². The van der Waals surface area contributed by atoms with Crippen LogP contribution < -0.4 is 25.3 Å². The maximum absolute atomic E-state index is 11.6. The van der Waals surface area contributed by atoms with Gasteiger partial charge in [-0.05, 0) is 12.1 Å². The number of nitrogens with two attached hydrogens (primary N) is 1. The van der Waals surface area contributed by atoms with Crippen LogP contribution in [-0.4, -0.2) is 56.8 Å². The Hall–Kier alpha value is -2.03. The predicted octanol–water partition coefficient (Wildman–Crippen LogP) is -0.365. The maximum Gasteiger partial charge on any atom is 0.231 e. The summed E-state index contributed by atoms with van der Waals surface area (Å²) in [5, 5.41) is 12.5. The van der Waals surface area contributed by atoms with E-state index in [4.69, 9.17) is 24.7 Å². The van der Waals surface area contributed by atoms with E-state index in [1.54, 1.807) is 18.2 Å². The summed E-state index contributed by atoms with van der Waals surface area (Å²) in [5.74, 6) is 1.60. The lowest BCUT2D eigenvalue weighted by atomic mass is 10.2. The van der Waals surface area contributed by atoms with Gasteiger partial charge in [0.2, 0.25) is 12.7 Å². The van der Waals surface area contributed by atoms with Gasteiger partial charge in [0.05, 0.1) is 12.5 Å². The zero-order valence-electron chi connectivity index (χ0n) is 13.0. The van der Waals surface area contributed by atoms with Crippen LogP contribution in [0.25, 0.3) is 0 Å². The molecule has 2 unspecified atom stereocenters. The zero-order chi connectivity index (χ0) is 16.7. The molecule has 1 aliphatic heterocycles. The first kappa shape index (κ1) is 17.3. The van der Waals surface area contributed by atoms with Crippen molar-refractivity contribution in [3.63, 3.8) is 0 Å². The van der Waals surface area contributed by atoms with Gasteiger partial charge in [-0.3, -0.25) is 4.79 Å². The van der Waals surface area contributed by atoms with Crippen LogP contribution in [0.2, 0.25) is 0 Å². The molecule has 0 saturated carbocycles. The van der Waals surface area contributed by atoms with Crippen molar-refractivity contribution in [1.82, 2.24) is 5.32 Å². The lowest BCUT2D eigenvalue weighted by Crippen LogP contribution is -2.38. The topological polar surface area (TPSA) is 112 Å². The number of benzene rings is 1. The van der Waals surface area contributed by atoms with Crippen LogP contribution in [0.5, 0.6) is 17.2 Å². The first-order valence-corrected chi connectivity index (χ1v) is 7.32. The monoisotopic (exact) mass is 326 g/mol. The number of nitrogens with one attached hydrogen (secondary N) is 1. The van der Waals surface area contributed by atoms with Crippen LogP contribution in [0.1, 0.15) is 6.42 Å². The summed E-state index contributed by atoms with van der Waals surface area (Å²) in [4.78, 5) is 11.6. The molecule has 0 fully saturated rings. The third-order valence-corrected chi connectivity index (χ3v) is 3.33. The first-order valence-electron chi connectivity index (χ1n) is 7.32. The number of amides is 1. The number of carbonyl (C=O) groups excluding carboxylic acids is 1. The Balaban J connectivity index is 1.69. The van der Waals surface area contributed by atoms with Crippen LogP contribution in [0.3, 0.4) is 0 Å². The fraction of sp³-hybridized carbons (Fsp3) is 0.533. The molecule has 1 aliphatic rings. The van der Waals surface area contributed by atoms with Crippen LogP contribution >= 0.6 is 0 Å². The molecule has 1 aromatic rings. The molecule has 2 atom stereocenters. The zero-order valence-corrected chi connectivity index (χ0v) is 13.0. The lowest BCUT2D eigenvalue weighted by Gasteiger charge is -2.15. The van der Waals surface area contributed by atoms with Crippen LogP contribution in [0.15, 0.2) is 18.2 Å². The number of rotatable bonds is 9. The quantitative estimate of drug-likeness (QED) is 0.568. The summed E-state index contributed by atoms with van der Waals surface area (Å²) in [6, 6.07) is 5.16. The minimum absolute atomic E-state index is 0.0461. The SMILES string of the molecule is COC(CN)CC(=O)NCC(O)COc1ccc2c(c1)OCO2. The van der Waals surface area contributed by atoms with Gasteiger partial charge in [0, 0.05) is 26.3 Å². The number of hydrogen-bond acceptors (Lipinski definition) is 7. The Kier molecular flexibility index (Phi) is 6.45. The molecule has 23 heavy (non-hydrogen) atoms. The third-order valence-electron chi connectivity index (χ3n) is 3.33. The molecule has 0 aliphatic carbocycles. The molecular formula is C15H22N2O6. The summed E-state index contributed by atoms with van der Waals surface area (Å²) < 4.78 is 20.9. The van der Waals surface area contributed by atoms with Crippen LogP contribution in [-0.2, 0) is 9.53 Å². The molecule has 2 rings (SSSR count). The fourth-order valence-electron chi connectivity index (χ4n) is 1.99. The molecule has 8 heteroatoms. The number of carbonyl (C=O) groups is 1. The Morgan fingerprint density at radius 2 is 2.22 bits per heavy atom. The van der Waals surface area contributed by atoms with E-state index in [1.807, 2.05) is 0 Å². The summed E-state index contributed by atoms with van der Waals surface area (Å²) in [6.45, 7) is 0.591. The maximum atomic E-state index is 11.6. The standard InChI is InChI=1S/C15H22N2O6/c1-20-12(6-16)5-15(19)17-7-10(18)8-21-11-2-3-13-14(4-11)23-9-22-13/h2-4,10,12,18H,5-9,16H2,1H3,(H,17,19). The Labute approximate surface area is 134 Å². The number of methoxy groups -OCH3 is 1. The van der Waals surface area contributed by atoms with E-state index >= 15 is 0 Å². The van der Waals surface area contributed by atoms with E-state index in [0.717, 1.165) is 0 Å². The summed E-state index contributed by atoms with van der Waals surface area (Å²) in [5.41, 5.74) is 5.44. The summed E-state index contributed by atoms with van der Waals surface area (Å²) in [7, 11) is 1.50. The molecule has 0 spiro atoms. The van der Waals surface area contributed by atoms with Crippen molar-refractivity contribution in [3.05, 3.63) is 18.2 Å². The van der Waals surface area contributed by atoms with Gasteiger partial charge < -0.3 is 35.1 Å². The molecule has 1 heterocycles. The normalized spacial score (nSPS) is 15.1. The highest BCUT2D eigenvalue weighted by Crippen LogP contribution is 2.35. The van der Waals surface area contributed by atoms with E-state index in [0.29, 0.717) is 17.2 Å². The molecule has 0 saturated heterocycles. The van der Waals surface area contributed by atoms with Crippen molar-refractivity contribution in [2.45, 2.75) is 18.6 Å². The first-order chi connectivity index (χ1) is 11.1. The van der Waals surface area contributed by atoms with Gasteiger partial charge in [0.1, 0.15) is 18.5 Å². The van der Waals surface area contributed by atoms with Gasteiger partial charge in [0.15, 0.2) is 11.5 Å². The highest BCUT2D eigenvalue weighted by molar-refractivity contribution is 5.76. The second kappa shape index (κ2) is 8.56. The van der Waals surface area contributed by atoms with Gasteiger partial charge in [-0.1, -0.05) is 0 Å². The Morgan fingerprint density at radius 1 is 1.43 bits per heavy atom. The molecule has 0 bridgehead atoms. The molecule has 128 valence electrons. The number of ether oxygens (including phenoxy) is 4. The van der Waals surface area contributed by atoms with E-state index in [-0.39, 0.29) is 44.9 Å². The molecular weight excluding hydrogens is 304 g/mol. The number of hydrogen-bond donors (Lipinski definition) is 3. The van der Waals surface area contributed by atoms with Crippen molar-refractivity contribution in [2.75, 3.05) is 33.6 Å². The minimum Gasteiger partial charge on any atom is -0.491 e. The van der Waals surface area contributed by atoms with Gasteiger partial charge >= 0.3 is 0 Å². The van der Waals surface area contributed by atoms with Gasteiger partial charge in [0.25, 0.3) is 0 Å². The molecule has 1 aromatic carbocycles. The molecule has 8 nitrogen and oxygen atoms in total. The Bertz CT molecular complexity index is 521. The Morgan fingerprint density at radius 3 is 2.96 bits per heavy atom. The second-order valence-corrected chi connectivity index (χ2v) is 5.08. The summed E-state index contributed by atoms with van der Waals surface area (Å²) in [6.07, 6.45) is -0.997. The molecule has 1 amide bonds. The number of aliphatic hydroxyl groups is 1. The highest BCUT2D eigenvalue weighted by atomic mass is 16.7. The van der Waals surface area contributed by atoms with E-state index < -0.39 is 6.10 Å². The largest absolute Gasteiger partial charge is 0.491 e. The highest BCUT2D eigenvalue weighted by Gasteiger charge is 2.15. The number of fused-ring (bicyclic) bond motifs is 1. The van der Waals surface area contributed by atoms with Crippen molar-refractivity contribution in [1.29, 1.82) is 0 Å². The lowest BCUT2D eigenvalue weighted by molar-refractivity contribution is -0.123. The minimum atomic E-state index is -0.830. The van der Waals surface area contributed by atoms with Gasteiger partial charge in [-0.2, -0.15) is 0 Å². The summed E-state index contributed by atoms with van der Waals surface area (Å²) >= 11 is 0. The van der Waals surface area contributed by atoms with Crippen LogP contribution in [0, 0.1) is 0 Å². The predicted molar refractivity (Wildman–Crippen MR) is 81.5 cm³/mol. The van der Waals surface area contributed by atoms with Crippen molar-refractivity contribution in [2.24, 2.45) is 5.73 Å². The average molecular weight is 326 g/mol. The van der Waals surface area contributed by atoms with Crippen LogP contribution in [0.4, 0.5) is 0 Å². The average Bonchev–Trinajstić information content (AvgIpc) is 3.03. The molecule has 0 aromatic heterocycles. The fourth-order valence-corrected chi connectivity index (χ4v) is 1.99. The van der Waals surface area contributed by atoms with E-state index in [1.165, 1.54) is 7.11 Å². The molecule has 4 N–H and O–H groups in total. The van der Waals surface area contributed by atoms with Crippen molar-refractivity contribution in [3.8, 4) is 17.2 Å². The molecule has 0 radical (unpaired) electrons.